The maximum Gasteiger partial charge on any atom is 0.205 e. The van der Waals surface area contributed by atoms with Crippen molar-refractivity contribution in [3.05, 3.63) is 23.3 Å². The highest BCUT2D eigenvalue weighted by molar-refractivity contribution is 7.80. The maximum absolute atomic E-state index is 12.9. The highest BCUT2D eigenvalue weighted by Crippen LogP contribution is 2.31. The van der Waals surface area contributed by atoms with E-state index in [4.69, 9.17) is 0 Å². The van der Waals surface area contributed by atoms with E-state index in [1.807, 2.05) is 0 Å². The smallest absolute Gasteiger partial charge is 0.205 e. The third kappa shape index (κ3) is 1.66. The highest BCUT2D eigenvalue weighted by atomic mass is 32.1. The fourth-order valence-electron chi connectivity index (χ4n) is 0.871. The van der Waals surface area contributed by atoms with E-state index < -0.39 is 33.9 Å². The molecular weight excluding hydrogens is 220 g/mol. The van der Waals surface area contributed by atoms with E-state index in [2.05, 4.69) is 17.4 Å². The maximum atomic E-state index is 12.9. The fourth-order valence-corrected chi connectivity index (χ4v) is 1.07. The number of hydrogen-bond donors (Lipinski definition) is 1. The zero-order chi connectivity index (χ0) is 10.9. The van der Waals surface area contributed by atoms with Crippen molar-refractivity contribution in [2.45, 2.75) is 11.8 Å². The van der Waals surface area contributed by atoms with Gasteiger partial charge in [-0.15, -0.1) is 12.6 Å². The molecule has 0 atom stereocenters. The van der Waals surface area contributed by atoms with Crippen LogP contribution in [0.4, 0.5) is 17.6 Å². The first-order valence-corrected chi connectivity index (χ1v) is 4.13. The highest BCUT2D eigenvalue weighted by Gasteiger charge is 2.24. The quantitative estimate of drug-likeness (QED) is 0.463. The van der Waals surface area contributed by atoms with E-state index in [0.717, 1.165) is 0 Å². The molecule has 0 radical (unpaired) electrons. The first-order valence-electron chi connectivity index (χ1n) is 3.68. The van der Waals surface area contributed by atoms with E-state index >= 15 is 0 Å². The molecule has 0 amide bonds. The zero-order valence-electron chi connectivity index (χ0n) is 7.07. The van der Waals surface area contributed by atoms with Crippen molar-refractivity contribution in [3.63, 3.8) is 0 Å². The molecule has 0 saturated carbocycles. The van der Waals surface area contributed by atoms with Crippen LogP contribution in [0.3, 0.4) is 0 Å². The Bertz CT molecular complexity index is 338. The molecule has 78 valence electrons. The molecule has 0 unspecified atom stereocenters. The Morgan fingerprint density at radius 1 is 1.00 bits per heavy atom. The molecule has 6 heteroatoms. The monoisotopic (exact) mass is 226 g/mol. The van der Waals surface area contributed by atoms with Crippen LogP contribution in [0, 0.1) is 23.3 Å². The lowest BCUT2D eigenvalue weighted by Crippen LogP contribution is -2.04. The standard InChI is InChI=1S/C8H6F4OS/c1-2-13-7-3(9)5(11)8(14)6(12)4(7)10/h14H,2H2,1H3. The predicted molar refractivity (Wildman–Crippen MR) is 44.7 cm³/mol. The van der Waals surface area contributed by atoms with Gasteiger partial charge in [-0.2, -0.15) is 8.78 Å². The average Bonchev–Trinajstić information content (AvgIpc) is 2.19. The third-order valence-corrected chi connectivity index (χ3v) is 1.88. The van der Waals surface area contributed by atoms with Gasteiger partial charge in [0.05, 0.1) is 11.5 Å². The summed E-state index contributed by atoms with van der Waals surface area (Å²) in [4.78, 5) is -0.997. The topological polar surface area (TPSA) is 9.23 Å². The number of thiol groups is 1. The molecule has 0 fully saturated rings. The summed E-state index contributed by atoms with van der Waals surface area (Å²) in [5.74, 6) is -7.32. The van der Waals surface area contributed by atoms with Crippen LogP contribution in [0.5, 0.6) is 5.75 Å². The summed E-state index contributed by atoms with van der Waals surface area (Å²) in [6.07, 6.45) is 0. The summed E-state index contributed by atoms with van der Waals surface area (Å²) < 4.78 is 55.9. The number of rotatable bonds is 2. The molecular formula is C8H6F4OS. The van der Waals surface area contributed by atoms with Crippen LogP contribution in [0.25, 0.3) is 0 Å². The molecule has 0 spiro atoms. The normalized spacial score (nSPS) is 10.4. The van der Waals surface area contributed by atoms with Crippen LogP contribution in [-0.4, -0.2) is 6.61 Å². The largest absolute Gasteiger partial charge is 0.488 e. The number of halogens is 4. The van der Waals surface area contributed by atoms with Gasteiger partial charge >= 0.3 is 0 Å². The first kappa shape index (κ1) is 11.2. The van der Waals surface area contributed by atoms with Crippen molar-refractivity contribution in [1.29, 1.82) is 0 Å². The lowest BCUT2D eigenvalue weighted by molar-refractivity contribution is 0.282. The van der Waals surface area contributed by atoms with Crippen LogP contribution in [-0.2, 0) is 0 Å². The molecule has 1 rings (SSSR count). The van der Waals surface area contributed by atoms with Gasteiger partial charge in [-0.25, -0.2) is 8.78 Å². The van der Waals surface area contributed by atoms with E-state index in [1.165, 1.54) is 6.92 Å². The van der Waals surface area contributed by atoms with Crippen LogP contribution < -0.4 is 4.74 Å². The third-order valence-electron chi connectivity index (χ3n) is 1.49. The van der Waals surface area contributed by atoms with Gasteiger partial charge in [-0.3, -0.25) is 0 Å². The molecule has 0 bridgehead atoms. The van der Waals surface area contributed by atoms with Gasteiger partial charge < -0.3 is 4.74 Å². The number of hydrogen-bond acceptors (Lipinski definition) is 2. The number of benzene rings is 1. The van der Waals surface area contributed by atoms with Crippen molar-refractivity contribution < 1.29 is 22.3 Å². The molecule has 0 aromatic heterocycles. The second-order valence-corrected chi connectivity index (χ2v) is 2.81. The fraction of sp³-hybridized carbons (Fsp3) is 0.250. The first-order chi connectivity index (χ1) is 6.50. The Morgan fingerprint density at radius 3 is 1.79 bits per heavy atom. The molecule has 1 aromatic rings. The summed E-state index contributed by atoms with van der Waals surface area (Å²) in [5, 5.41) is 0. The van der Waals surface area contributed by atoms with Gasteiger partial charge in [0.1, 0.15) is 0 Å². The Hall–Kier alpha value is -0.910. The van der Waals surface area contributed by atoms with E-state index in [-0.39, 0.29) is 6.61 Å². The molecule has 0 aliphatic rings. The molecule has 1 aromatic carbocycles. The molecule has 0 saturated heterocycles. The van der Waals surface area contributed by atoms with Crippen molar-refractivity contribution >= 4 is 12.6 Å². The molecule has 0 aliphatic heterocycles. The minimum atomic E-state index is -1.57. The predicted octanol–water partition coefficient (Wildman–Crippen LogP) is 2.93. The van der Waals surface area contributed by atoms with Crippen molar-refractivity contribution in [2.75, 3.05) is 6.61 Å². The summed E-state index contributed by atoms with van der Waals surface area (Å²) in [6, 6.07) is 0. The minimum absolute atomic E-state index is 0.0986. The number of ether oxygens (including phenoxy) is 1. The summed E-state index contributed by atoms with van der Waals surface area (Å²) in [6.45, 7) is 1.34. The lowest BCUT2D eigenvalue weighted by Gasteiger charge is -2.08. The van der Waals surface area contributed by atoms with E-state index in [1.54, 1.807) is 0 Å². The molecule has 0 N–H and O–H groups in total. The Labute approximate surface area is 83.1 Å². The van der Waals surface area contributed by atoms with Crippen molar-refractivity contribution in [3.8, 4) is 5.75 Å². The van der Waals surface area contributed by atoms with Crippen molar-refractivity contribution in [2.24, 2.45) is 0 Å². The molecule has 14 heavy (non-hydrogen) atoms. The van der Waals surface area contributed by atoms with Gasteiger partial charge in [-0.05, 0) is 6.92 Å². The summed E-state index contributed by atoms with van der Waals surface area (Å²) in [7, 11) is 0. The molecule has 0 heterocycles. The average molecular weight is 226 g/mol. The SMILES string of the molecule is CCOc1c(F)c(F)c(S)c(F)c1F. The van der Waals surface area contributed by atoms with Gasteiger partial charge in [-0.1, -0.05) is 0 Å². The van der Waals surface area contributed by atoms with Gasteiger partial charge in [0.2, 0.25) is 11.6 Å². The Kier molecular flexibility index (Phi) is 3.25. The van der Waals surface area contributed by atoms with Crippen LogP contribution in [0.15, 0.2) is 4.90 Å². The molecule has 1 nitrogen and oxygen atoms in total. The molecule has 0 aliphatic carbocycles. The van der Waals surface area contributed by atoms with Gasteiger partial charge in [0.25, 0.3) is 0 Å². The zero-order valence-corrected chi connectivity index (χ0v) is 7.97. The van der Waals surface area contributed by atoms with E-state index in [0.29, 0.717) is 0 Å². The van der Waals surface area contributed by atoms with Crippen LogP contribution in [0.1, 0.15) is 6.92 Å². The van der Waals surface area contributed by atoms with Gasteiger partial charge in [0, 0.05) is 0 Å². The minimum Gasteiger partial charge on any atom is -0.488 e. The van der Waals surface area contributed by atoms with Gasteiger partial charge in [0.15, 0.2) is 17.4 Å². The van der Waals surface area contributed by atoms with Crippen LogP contribution in [0.2, 0.25) is 0 Å². The van der Waals surface area contributed by atoms with E-state index in [9.17, 15) is 17.6 Å². The second kappa shape index (κ2) is 4.08. The lowest BCUT2D eigenvalue weighted by atomic mass is 10.3. The van der Waals surface area contributed by atoms with Crippen LogP contribution >= 0.6 is 12.6 Å². The summed E-state index contributed by atoms with van der Waals surface area (Å²) in [5.41, 5.74) is 0. The summed E-state index contributed by atoms with van der Waals surface area (Å²) >= 11 is 3.28. The second-order valence-electron chi connectivity index (χ2n) is 2.37. The Balaban J connectivity index is 3.43. The van der Waals surface area contributed by atoms with Crippen molar-refractivity contribution in [1.82, 2.24) is 0 Å². The Morgan fingerprint density at radius 2 is 1.43 bits per heavy atom.